The number of aliphatic carboxylic acids is 2. The number of likely N-dealkylation sites (tertiary alicyclic amines) is 1. The highest BCUT2D eigenvalue weighted by atomic mass is 79.9. The van der Waals surface area contributed by atoms with Crippen molar-refractivity contribution in [1.29, 1.82) is 0 Å². The summed E-state index contributed by atoms with van der Waals surface area (Å²) in [4.78, 5) is 24.9. The van der Waals surface area contributed by atoms with E-state index < -0.39 is 18.0 Å². The Morgan fingerprint density at radius 1 is 1.22 bits per heavy atom. The van der Waals surface area contributed by atoms with Crippen LogP contribution in [0.4, 0.5) is 0 Å². The van der Waals surface area contributed by atoms with Crippen molar-refractivity contribution in [2.75, 3.05) is 13.1 Å². The lowest BCUT2D eigenvalue weighted by Gasteiger charge is -2.23. The highest BCUT2D eigenvalue weighted by molar-refractivity contribution is 9.10. The summed E-state index contributed by atoms with van der Waals surface area (Å²) in [6.45, 7) is 1.30. The van der Waals surface area contributed by atoms with E-state index in [2.05, 4.69) is 15.9 Å². The molecule has 0 aliphatic carbocycles. The van der Waals surface area contributed by atoms with Gasteiger partial charge in [-0.15, -0.1) is 0 Å². The second-order valence-electron chi connectivity index (χ2n) is 5.75. The molecule has 1 saturated heterocycles. The summed E-state index contributed by atoms with van der Waals surface area (Å²) in [6.07, 6.45) is 3.64. The lowest BCUT2D eigenvalue weighted by molar-refractivity contribution is -0.143. The molecule has 6 nitrogen and oxygen atoms in total. The Kier molecular flexibility index (Phi) is 4.41. The first-order chi connectivity index (χ1) is 11.0. The molecule has 1 unspecified atom stereocenters. The number of carboxylic acids is 2. The van der Waals surface area contributed by atoms with E-state index >= 15 is 0 Å². The Morgan fingerprint density at radius 2 is 1.91 bits per heavy atom. The average Bonchev–Trinajstić information content (AvgIpc) is 3.08. The van der Waals surface area contributed by atoms with E-state index in [1.807, 2.05) is 23.1 Å². The number of aromatic nitrogens is 1. The average molecular weight is 381 g/mol. The molecule has 2 N–H and O–H groups in total. The normalized spacial score (nSPS) is 16.7. The first-order valence-electron chi connectivity index (χ1n) is 7.44. The molecule has 1 fully saturated rings. The monoisotopic (exact) mass is 380 g/mol. The third kappa shape index (κ3) is 3.11. The summed E-state index contributed by atoms with van der Waals surface area (Å²) in [7, 11) is 0. The van der Waals surface area contributed by atoms with Crippen LogP contribution >= 0.6 is 15.9 Å². The molecule has 7 heteroatoms. The number of nitrogens with zero attached hydrogens (tertiary/aromatic N) is 2. The maximum absolute atomic E-state index is 11.9. The number of rotatable bonds is 5. The van der Waals surface area contributed by atoms with Gasteiger partial charge in [0.15, 0.2) is 0 Å². The van der Waals surface area contributed by atoms with Crippen molar-refractivity contribution in [2.24, 2.45) is 0 Å². The lowest BCUT2D eigenvalue weighted by Crippen LogP contribution is -2.31. The van der Waals surface area contributed by atoms with Crippen LogP contribution in [0.15, 0.2) is 28.9 Å². The molecular formula is C16H17BrN2O4. The van der Waals surface area contributed by atoms with Crippen molar-refractivity contribution in [1.82, 2.24) is 9.47 Å². The van der Waals surface area contributed by atoms with E-state index in [9.17, 15) is 14.7 Å². The predicted molar refractivity (Wildman–Crippen MR) is 88.5 cm³/mol. The molecule has 2 aromatic rings. The zero-order chi connectivity index (χ0) is 16.6. The molecule has 1 aromatic carbocycles. The van der Waals surface area contributed by atoms with Gasteiger partial charge in [0.25, 0.3) is 0 Å². The molecule has 0 bridgehead atoms. The zero-order valence-electron chi connectivity index (χ0n) is 12.4. The Labute approximate surface area is 141 Å². The van der Waals surface area contributed by atoms with Gasteiger partial charge in [0.2, 0.25) is 0 Å². The third-order valence-electron chi connectivity index (χ3n) is 4.21. The predicted octanol–water partition coefficient (Wildman–Crippen LogP) is 2.71. The summed E-state index contributed by atoms with van der Waals surface area (Å²) >= 11 is 3.41. The Bertz CT molecular complexity index is 765. The summed E-state index contributed by atoms with van der Waals surface area (Å²) in [6, 6.07) is 4.75. The van der Waals surface area contributed by atoms with Crippen LogP contribution in [0.3, 0.4) is 0 Å². The van der Waals surface area contributed by atoms with Crippen molar-refractivity contribution in [2.45, 2.75) is 25.4 Å². The van der Waals surface area contributed by atoms with Gasteiger partial charge in [-0.25, -0.2) is 0 Å². The van der Waals surface area contributed by atoms with Gasteiger partial charge in [-0.3, -0.25) is 14.5 Å². The lowest BCUT2D eigenvalue weighted by atomic mass is 10.0. The van der Waals surface area contributed by atoms with Crippen LogP contribution in [0.25, 0.3) is 10.9 Å². The molecule has 0 spiro atoms. The fraction of sp³-hybridized carbons (Fsp3) is 0.375. The van der Waals surface area contributed by atoms with Crippen LogP contribution in [0.5, 0.6) is 0 Å². The molecule has 122 valence electrons. The molecule has 1 aliphatic rings. The Morgan fingerprint density at radius 3 is 2.52 bits per heavy atom. The molecule has 1 aromatic heterocycles. The SMILES string of the molecule is O=C(O)Cn1cc(C(C(=O)O)N2CCCC2)c2cc(Br)ccc21. The van der Waals surface area contributed by atoms with Crippen LogP contribution < -0.4 is 0 Å². The second-order valence-corrected chi connectivity index (χ2v) is 6.67. The van der Waals surface area contributed by atoms with Crippen LogP contribution in [0.2, 0.25) is 0 Å². The van der Waals surface area contributed by atoms with E-state index in [-0.39, 0.29) is 6.54 Å². The van der Waals surface area contributed by atoms with E-state index in [4.69, 9.17) is 5.11 Å². The molecular weight excluding hydrogens is 364 g/mol. The largest absolute Gasteiger partial charge is 0.480 e. The number of hydrogen-bond donors (Lipinski definition) is 2. The maximum Gasteiger partial charge on any atom is 0.325 e. The minimum atomic E-state index is -0.954. The summed E-state index contributed by atoms with van der Waals surface area (Å²) in [5.41, 5.74) is 1.38. The maximum atomic E-state index is 11.9. The number of hydrogen-bond acceptors (Lipinski definition) is 3. The fourth-order valence-electron chi connectivity index (χ4n) is 3.28. The van der Waals surface area contributed by atoms with E-state index in [1.54, 1.807) is 10.8 Å². The van der Waals surface area contributed by atoms with Crippen LogP contribution in [-0.4, -0.2) is 44.7 Å². The molecule has 2 heterocycles. The van der Waals surface area contributed by atoms with Crippen molar-refractivity contribution in [3.8, 4) is 0 Å². The minimum Gasteiger partial charge on any atom is -0.480 e. The van der Waals surface area contributed by atoms with Gasteiger partial charge < -0.3 is 14.8 Å². The summed E-state index contributed by atoms with van der Waals surface area (Å²) in [5.74, 6) is -1.86. The molecule has 0 radical (unpaired) electrons. The van der Waals surface area contributed by atoms with Gasteiger partial charge in [0, 0.05) is 27.1 Å². The van der Waals surface area contributed by atoms with E-state index in [0.29, 0.717) is 5.56 Å². The molecule has 0 saturated carbocycles. The number of carbonyl (C=O) groups is 2. The fourth-order valence-corrected chi connectivity index (χ4v) is 3.64. The molecule has 1 atom stereocenters. The Hall–Kier alpha value is -1.86. The second kappa shape index (κ2) is 6.33. The number of halogens is 1. The van der Waals surface area contributed by atoms with E-state index in [1.165, 1.54) is 0 Å². The number of carboxylic acid groups (broad SMARTS) is 2. The standard InChI is InChI=1S/C16H17BrN2O4/c17-10-3-4-13-11(7-10)12(8-19(13)9-14(20)21)15(16(22)23)18-5-1-2-6-18/h3-4,7-8,15H,1-2,5-6,9H2,(H,20,21)(H,22,23). The van der Waals surface area contributed by atoms with Gasteiger partial charge in [0.1, 0.15) is 12.6 Å². The van der Waals surface area contributed by atoms with Crippen LogP contribution in [0.1, 0.15) is 24.4 Å². The van der Waals surface area contributed by atoms with Crippen molar-refractivity contribution in [3.05, 3.63) is 34.4 Å². The van der Waals surface area contributed by atoms with Crippen molar-refractivity contribution >= 4 is 38.8 Å². The van der Waals surface area contributed by atoms with Gasteiger partial charge in [-0.05, 0) is 44.1 Å². The quantitative estimate of drug-likeness (QED) is 0.832. The summed E-state index contributed by atoms with van der Waals surface area (Å²) < 4.78 is 2.44. The van der Waals surface area contributed by atoms with Crippen LogP contribution in [-0.2, 0) is 16.1 Å². The van der Waals surface area contributed by atoms with Gasteiger partial charge >= 0.3 is 11.9 Å². The highest BCUT2D eigenvalue weighted by Crippen LogP contribution is 2.34. The smallest absolute Gasteiger partial charge is 0.325 e. The van der Waals surface area contributed by atoms with Crippen molar-refractivity contribution < 1.29 is 19.8 Å². The highest BCUT2D eigenvalue weighted by Gasteiger charge is 2.32. The summed E-state index contributed by atoms with van der Waals surface area (Å²) in [5, 5.41) is 19.6. The van der Waals surface area contributed by atoms with Crippen LogP contribution in [0, 0.1) is 0 Å². The minimum absolute atomic E-state index is 0.190. The van der Waals surface area contributed by atoms with E-state index in [0.717, 1.165) is 41.3 Å². The van der Waals surface area contributed by atoms with Gasteiger partial charge in [-0.2, -0.15) is 0 Å². The molecule has 1 aliphatic heterocycles. The number of benzene rings is 1. The van der Waals surface area contributed by atoms with Gasteiger partial charge in [0.05, 0.1) is 0 Å². The van der Waals surface area contributed by atoms with Crippen molar-refractivity contribution in [3.63, 3.8) is 0 Å². The zero-order valence-corrected chi connectivity index (χ0v) is 14.0. The third-order valence-corrected chi connectivity index (χ3v) is 4.71. The molecule has 3 rings (SSSR count). The van der Waals surface area contributed by atoms with Gasteiger partial charge in [-0.1, -0.05) is 15.9 Å². The topological polar surface area (TPSA) is 82.8 Å². The Balaban J connectivity index is 2.15. The first-order valence-corrected chi connectivity index (χ1v) is 8.23. The molecule has 0 amide bonds. The molecule has 23 heavy (non-hydrogen) atoms. The first kappa shape index (κ1) is 16.0. The number of fused-ring (bicyclic) bond motifs is 1.